The fourth-order valence-corrected chi connectivity index (χ4v) is 7.51. The van der Waals surface area contributed by atoms with E-state index in [1.165, 1.54) is 4.90 Å². The second-order valence-corrected chi connectivity index (χ2v) is 20.3. The van der Waals surface area contributed by atoms with Crippen molar-refractivity contribution in [3.05, 3.63) is 83.7 Å². The molecule has 0 aliphatic heterocycles. The van der Waals surface area contributed by atoms with Gasteiger partial charge in [-0.15, -0.1) is 0 Å². The van der Waals surface area contributed by atoms with Gasteiger partial charge in [-0.1, -0.05) is 87.5 Å². The number of rotatable bonds is 25. The number of amides is 6. The van der Waals surface area contributed by atoms with Crippen LogP contribution in [0.15, 0.2) is 60.8 Å². The number of carbonyl (C=O) groups excluding carboxylic acids is 6. The first-order valence-electron chi connectivity index (χ1n) is 21.0. The molecule has 3 aromatic rings. The first kappa shape index (κ1) is 54.4. The van der Waals surface area contributed by atoms with E-state index in [1.54, 1.807) is 51.4 Å². The molecule has 0 aliphatic carbocycles. The van der Waals surface area contributed by atoms with Crippen LogP contribution < -0.4 is 27.0 Å². The summed E-state index contributed by atoms with van der Waals surface area (Å²) in [6, 6.07) is 8.20. The molecule has 6 amide bonds. The number of nitrogens with zero attached hydrogens (tertiary/aromatic N) is 2. The third kappa shape index (κ3) is 17.4. The van der Waals surface area contributed by atoms with Crippen molar-refractivity contribution < 1.29 is 62.5 Å². The Labute approximate surface area is 394 Å². The van der Waals surface area contributed by atoms with Crippen molar-refractivity contribution >= 4 is 70.0 Å². The van der Waals surface area contributed by atoms with Gasteiger partial charge in [0.25, 0.3) is 0 Å². The number of nitrogens with one attached hydrogen (secondary N) is 4. The lowest BCUT2D eigenvalue weighted by atomic mass is 9.82. The number of benzene rings is 2. The molecule has 21 heteroatoms. The Bertz CT molecular complexity index is 2230. The standard InChI is InChI=1S/C45H58F2IN7O11/c1-44(2,3)40(34-19-27(29-20-28(46)11-12-30(29)47)24-54(34)23-26-9-7-6-8-10-26)55(38(60)25-56)18-16-31(53-42(64)33(21-35(49)57)52-37(59)22-45(4,5)48)41(63)50-17-15-36(58)51-32(43(65)66)13-14-39(61)62/h6-12,19-20,24,31-33,40,56H,13-18,21-23,25H2,1-5H3,(H2,49,57)(H,50,63)(H,51,58)(H,52,59)(H,53,64)(H,61,62)(H,65,66)/t31-,32+,33-,40-/m0/s1. The Hall–Kier alpha value is -5.97. The highest BCUT2D eigenvalue weighted by Crippen LogP contribution is 2.41. The fourth-order valence-electron chi connectivity index (χ4n) is 7.16. The summed E-state index contributed by atoms with van der Waals surface area (Å²) < 4.78 is 31.0. The molecule has 3 rings (SSSR count). The van der Waals surface area contributed by atoms with Gasteiger partial charge in [0.1, 0.15) is 36.4 Å². The number of hydrogen-bond acceptors (Lipinski definition) is 9. The van der Waals surface area contributed by atoms with Gasteiger partial charge in [0, 0.05) is 65.3 Å². The molecular formula is C45H58F2IN7O11. The fraction of sp³-hybridized carbons (Fsp3) is 0.467. The normalized spacial score (nSPS) is 13.3. The van der Waals surface area contributed by atoms with Gasteiger partial charge >= 0.3 is 11.9 Å². The number of hydrogen-bond donors (Lipinski definition) is 8. The number of carboxylic acids is 2. The van der Waals surface area contributed by atoms with Gasteiger partial charge in [0.05, 0.1) is 12.5 Å². The average molecular weight is 1040 g/mol. The SMILES string of the molecule is CC(C)(I)CC(=O)N[C@@H](CC(N)=O)C(=O)N[C@@H](CCN(C(=O)CO)[C@@H](c1cc(-c2cc(F)ccc2F)cn1Cc1ccccc1)C(C)(C)C)C(=O)NCCC(=O)N[C@H](CCC(=O)O)C(=O)O. The third-order valence-electron chi connectivity index (χ3n) is 10.1. The monoisotopic (exact) mass is 1040 g/mol. The van der Waals surface area contributed by atoms with Crippen molar-refractivity contribution in [3.63, 3.8) is 0 Å². The summed E-state index contributed by atoms with van der Waals surface area (Å²) in [6.45, 7) is 7.39. The lowest BCUT2D eigenvalue weighted by Gasteiger charge is -2.41. The van der Waals surface area contributed by atoms with E-state index < -0.39 is 131 Å². The molecular weight excluding hydrogens is 979 g/mol. The summed E-state index contributed by atoms with van der Waals surface area (Å²) in [6.07, 6.45) is -0.913. The van der Waals surface area contributed by atoms with Crippen LogP contribution in [0.1, 0.15) is 90.4 Å². The van der Waals surface area contributed by atoms with Crippen LogP contribution >= 0.6 is 22.6 Å². The zero-order chi connectivity index (χ0) is 49.5. The predicted molar refractivity (Wildman–Crippen MR) is 245 cm³/mol. The second kappa shape index (κ2) is 24.5. The van der Waals surface area contributed by atoms with Crippen molar-refractivity contribution in [2.45, 2.75) is 107 Å². The molecule has 2 aromatic carbocycles. The molecule has 0 bridgehead atoms. The van der Waals surface area contributed by atoms with Crippen LogP contribution in [0.25, 0.3) is 11.1 Å². The van der Waals surface area contributed by atoms with Crippen molar-refractivity contribution in [2.24, 2.45) is 11.1 Å². The number of nitrogens with two attached hydrogens (primary N) is 1. The highest BCUT2D eigenvalue weighted by atomic mass is 127. The van der Waals surface area contributed by atoms with Crippen LogP contribution in [-0.4, -0.2) is 113 Å². The molecule has 0 spiro atoms. The van der Waals surface area contributed by atoms with Crippen molar-refractivity contribution in [1.82, 2.24) is 30.7 Å². The van der Waals surface area contributed by atoms with Crippen LogP contribution in [0.3, 0.4) is 0 Å². The molecule has 0 aliphatic rings. The van der Waals surface area contributed by atoms with E-state index in [4.69, 9.17) is 10.8 Å². The topological polar surface area (TPSA) is 280 Å². The maximum atomic E-state index is 15.3. The van der Waals surface area contributed by atoms with Crippen molar-refractivity contribution in [3.8, 4) is 11.1 Å². The molecule has 0 unspecified atom stereocenters. The van der Waals surface area contributed by atoms with E-state index in [-0.39, 0.29) is 37.1 Å². The largest absolute Gasteiger partial charge is 0.481 e. The molecule has 18 nitrogen and oxygen atoms in total. The number of halogens is 3. The van der Waals surface area contributed by atoms with Gasteiger partial charge < -0.3 is 51.8 Å². The van der Waals surface area contributed by atoms with Crippen molar-refractivity contribution in [1.29, 1.82) is 0 Å². The van der Waals surface area contributed by atoms with Crippen LogP contribution in [0.2, 0.25) is 0 Å². The lowest BCUT2D eigenvalue weighted by Crippen LogP contribution is -2.56. The van der Waals surface area contributed by atoms with E-state index in [2.05, 4.69) is 21.3 Å². The molecule has 360 valence electrons. The van der Waals surface area contributed by atoms with Gasteiger partial charge in [-0.2, -0.15) is 0 Å². The zero-order valence-corrected chi connectivity index (χ0v) is 39.5. The summed E-state index contributed by atoms with van der Waals surface area (Å²) in [5.41, 5.74) is 6.05. The molecule has 0 saturated heterocycles. The summed E-state index contributed by atoms with van der Waals surface area (Å²) in [5.74, 6) is -9.27. The number of carbonyl (C=O) groups is 8. The molecule has 66 heavy (non-hydrogen) atoms. The Balaban J connectivity index is 2.07. The minimum Gasteiger partial charge on any atom is -0.481 e. The third-order valence-corrected chi connectivity index (χ3v) is 10.5. The first-order valence-corrected chi connectivity index (χ1v) is 22.1. The molecule has 0 saturated carbocycles. The maximum absolute atomic E-state index is 15.3. The number of aliphatic hydroxyl groups excluding tert-OH is 1. The summed E-state index contributed by atoms with van der Waals surface area (Å²) in [5, 5.41) is 38.4. The van der Waals surface area contributed by atoms with Crippen LogP contribution in [0, 0.1) is 17.0 Å². The Morgan fingerprint density at radius 3 is 2.05 bits per heavy atom. The quantitative estimate of drug-likeness (QED) is 0.0451. The Morgan fingerprint density at radius 2 is 1.47 bits per heavy atom. The van der Waals surface area contributed by atoms with Crippen LogP contribution in [0.5, 0.6) is 0 Å². The summed E-state index contributed by atoms with van der Waals surface area (Å²) in [4.78, 5) is 103. The molecule has 1 aromatic heterocycles. The number of aliphatic carboxylic acids is 2. The predicted octanol–water partition coefficient (Wildman–Crippen LogP) is 3.17. The van der Waals surface area contributed by atoms with Gasteiger partial charge in [-0.25, -0.2) is 13.6 Å². The van der Waals surface area contributed by atoms with E-state index in [1.807, 2.05) is 52.9 Å². The van der Waals surface area contributed by atoms with E-state index in [0.29, 0.717) is 5.69 Å². The number of carboxylic acid groups (broad SMARTS) is 2. The van der Waals surface area contributed by atoms with Gasteiger partial charge in [-0.05, 0) is 48.1 Å². The van der Waals surface area contributed by atoms with Crippen LogP contribution in [0.4, 0.5) is 8.78 Å². The van der Waals surface area contributed by atoms with Gasteiger partial charge in [0.15, 0.2) is 0 Å². The highest BCUT2D eigenvalue weighted by Gasteiger charge is 2.38. The molecule has 4 atom stereocenters. The minimum atomic E-state index is -1.56. The Kier molecular flexibility index (Phi) is 20.2. The van der Waals surface area contributed by atoms with Crippen molar-refractivity contribution in [2.75, 3.05) is 19.7 Å². The van der Waals surface area contributed by atoms with Crippen LogP contribution in [-0.2, 0) is 44.9 Å². The minimum absolute atomic E-state index is 0.0534. The summed E-state index contributed by atoms with van der Waals surface area (Å²) >= 11 is 2.03. The second-order valence-electron chi connectivity index (χ2n) is 17.4. The average Bonchev–Trinajstić information content (AvgIpc) is 3.61. The Morgan fingerprint density at radius 1 is 0.818 bits per heavy atom. The van der Waals surface area contributed by atoms with E-state index >= 15 is 4.39 Å². The number of alkyl halides is 1. The number of primary amides is 1. The van der Waals surface area contributed by atoms with Gasteiger partial charge in [-0.3, -0.25) is 33.6 Å². The van der Waals surface area contributed by atoms with E-state index in [0.717, 1.165) is 23.8 Å². The lowest BCUT2D eigenvalue weighted by molar-refractivity contribution is -0.143. The molecule has 0 radical (unpaired) electrons. The smallest absolute Gasteiger partial charge is 0.326 e. The number of aliphatic hydroxyl groups is 1. The van der Waals surface area contributed by atoms with E-state index in [9.17, 15) is 53.0 Å². The number of aromatic nitrogens is 1. The molecule has 0 fully saturated rings. The van der Waals surface area contributed by atoms with Gasteiger partial charge in [0.2, 0.25) is 35.4 Å². The molecule has 9 N–H and O–H groups in total. The zero-order valence-electron chi connectivity index (χ0n) is 37.4. The summed E-state index contributed by atoms with van der Waals surface area (Å²) in [7, 11) is 0. The molecule has 1 heterocycles. The highest BCUT2D eigenvalue weighted by molar-refractivity contribution is 14.1. The first-order chi connectivity index (χ1) is 30.8. The maximum Gasteiger partial charge on any atom is 0.326 e.